The van der Waals surface area contributed by atoms with Crippen molar-refractivity contribution >= 4 is 12.0 Å². The maximum absolute atomic E-state index is 13.0. The minimum Gasteiger partial charge on any atom is -0.444 e. The molecule has 1 N–H and O–H groups in total. The van der Waals surface area contributed by atoms with Crippen molar-refractivity contribution in [1.29, 1.82) is 0 Å². The summed E-state index contributed by atoms with van der Waals surface area (Å²) in [6.45, 7) is 14.1. The predicted molar refractivity (Wildman–Crippen MR) is 108 cm³/mol. The first-order chi connectivity index (χ1) is 12.4. The first kappa shape index (κ1) is 21.3. The normalized spacial score (nSPS) is 17.7. The smallest absolute Gasteiger partial charge is 0.408 e. The van der Waals surface area contributed by atoms with Crippen molar-refractivity contribution in [2.75, 3.05) is 6.54 Å². The van der Waals surface area contributed by atoms with E-state index in [2.05, 4.69) is 37.4 Å². The molecule has 0 aromatic heterocycles. The van der Waals surface area contributed by atoms with Gasteiger partial charge < -0.3 is 15.0 Å². The van der Waals surface area contributed by atoms with Crippen LogP contribution in [-0.4, -0.2) is 34.6 Å². The van der Waals surface area contributed by atoms with E-state index >= 15 is 0 Å². The average Bonchev–Trinajstić information content (AvgIpc) is 2.96. The third-order valence-corrected chi connectivity index (χ3v) is 4.92. The monoisotopic (exact) mass is 374 g/mol. The van der Waals surface area contributed by atoms with Crippen LogP contribution in [0.3, 0.4) is 0 Å². The van der Waals surface area contributed by atoms with E-state index in [0.29, 0.717) is 0 Å². The Kier molecular flexibility index (Phi) is 6.23. The molecular formula is C22H34N2O3. The molecule has 1 saturated heterocycles. The Morgan fingerprint density at radius 2 is 1.81 bits per heavy atom. The van der Waals surface area contributed by atoms with Gasteiger partial charge in [-0.3, -0.25) is 4.79 Å². The lowest BCUT2D eigenvalue weighted by molar-refractivity contribution is -0.133. The predicted octanol–water partition coefficient (Wildman–Crippen LogP) is 4.66. The van der Waals surface area contributed by atoms with Gasteiger partial charge in [0.15, 0.2) is 0 Å². The molecule has 1 aliphatic heterocycles. The number of likely N-dealkylation sites (tertiary alicyclic amines) is 1. The third-order valence-electron chi connectivity index (χ3n) is 4.92. The SMILES string of the molecule is Cc1ccc(C2CCCN2C(=O)CC(C)(C)NC(=O)OC(C)(C)C)cc1C. The van der Waals surface area contributed by atoms with Crippen LogP contribution < -0.4 is 5.32 Å². The second kappa shape index (κ2) is 7.91. The van der Waals surface area contributed by atoms with Crippen LogP contribution >= 0.6 is 0 Å². The second-order valence-corrected chi connectivity index (χ2v) is 9.28. The average molecular weight is 375 g/mol. The molecule has 5 nitrogen and oxygen atoms in total. The molecule has 0 radical (unpaired) electrons. The Hall–Kier alpha value is -2.04. The number of carbonyl (C=O) groups excluding carboxylic acids is 2. The largest absolute Gasteiger partial charge is 0.444 e. The molecule has 2 amide bonds. The quantitative estimate of drug-likeness (QED) is 0.834. The summed E-state index contributed by atoms with van der Waals surface area (Å²) in [6.07, 6.45) is 1.73. The van der Waals surface area contributed by atoms with E-state index in [1.54, 1.807) is 0 Å². The zero-order valence-electron chi connectivity index (χ0n) is 17.8. The summed E-state index contributed by atoms with van der Waals surface area (Å²) in [5.41, 5.74) is 2.47. The fraction of sp³-hybridized carbons (Fsp3) is 0.636. The van der Waals surface area contributed by atoms with E-state index in [1.165, 1.54) is 16.7 Å². The third kappa shape index (κ3) is 5.98. The van der Waals surface area contributed by atoms with E-state index < -0.39 is 17.2 Å². The molecule has 1 unspecified atom stereocenters. The number of rotatable bonds is 4. The van der Waals surface area contributed by atoms with E-state index in [4.69, 9.17) is 4.74 Å². The van der Waals surface area contributed by atoms with Crippen molar-refractivity contribution in [3.8, 4) is 0 Å². The highest BCUT2D eigenvalue weighted by molar-refractivity contribution is 5.79. The molecule has 1 fully saturated rings. The van der Waals surface area contributed by atoms with Crippen LogP contribution in [0.2, 0.25) is 0 Å². The van der Waals surface area contributed by atoms with Crippen molar-refractivity contribution in [3.05, 3.63) is 34.9 Å². The summed E-state index contributed by atoms with van der Waals surface area (Å²) in [5.74, 6) is 0.0665. The molecule has 150 valence electrons. The van der Waals surface area contributed by atoms with Gasteiger partial charge in [-0.1, -0.05) is 18.2 Å². The van der Waals surface area contributed by atoms with Gasteiger partial charge in [0, 0.05) is 18.5 Å². The summed E-state index contributed by atoms with van der Waals surface area (Å²) in [7, 11) is 0. The Bertz CT molecular complexity index is 704. The van der Waals surface area contributed by atoms with Gasteiger partial charge in [-0.15, -0.1) is 0 Å². The van der Waals surface area contributed by atoms with E-state index in [0.717, 1.165) is 19.4 Å². The minimum atomic E-state index is -0.671. The van der Waals surface area contributed by atoms with Crippen LogP contribution in [0, 0.1) is 13.8 Å². The summed E-state index contributed by atoms with van der Waals surface area (Å²) in [6, 6.07) is 6.56. The number of nitrogens with zero attached hydrogens (tertiary/aromatic N) is 1. The molecule has 27 heavy (non-hydrogen) atoms. The molecule has 2 rings (SSSR count). The number of ether oxygens (including phenoxy) is 1. The number of alkyl carbamates (subject to hydrolysis) is 1. The molecule has 1 atom stereocenters. The number of benzene rings is 1. The van der Waals surface area contributed by atoms with Crippen molar-refractivity contribution in [2.45, 2.75) is 84.9 Å². The minimum absolute atomic E-state index is 0.0665. The molecule has 0 saturated carbocycles. The number of nitrogens with one attached hydrogen (secondary N) is 1. The van der Waals surface area contributed by atoms with Crippen LogP contribution in [0.1, 0.15) is 76.6 Å². The lowest BCUT2D eigenvalue weighted by Gasteiger charge is -2.32. The second-order valence-electron chi connectivity index (χ2n) is 9.28. The Morgan fingerprint density at radius 1 is 1.15 bits per heavy atom. The molecule has 1 heterocycles. The number of hydrogen-bond donors (Lipinski definition) is 1. The van der Waals surface area contributed by atoms with Gasteiger partial charge in [-0.25, -0.2) is 4.79 Å². The van der Waals surface area contributed by atoms with Gasteiger partial charge in [-0.05, 0) is 78.0 Å². The molecule has 0 aliphatic carbocycles. The molecular weight excluding hydrogens is 340 g/mol. The van der Waals surface area contributed by atoms with Crippen LogP contribution in [0.5, 0.6) is 0 Å². The topological polar surface area (TPSA) is 58.6 Å². The molecule has 0 bridgehead atoms. The van der Waals surface area contributed by atoms with Gasteiger partial charge in [0.25, 0.3) is 0 Å². The Labute approximate surface area is 163 Å². The molecule has 1 aromatic carbocycles. The highest BCUT2D eigenvalue weighted by Gasteiger charge is 2.34. The van der Waals surface area contributed by atoms with Crippen molar-refractivity contribution in [2.24, 2.45) is 0 Å². The number of aryl methyl sites for hydroxylation is 2. The van der Waals surface area contributed by atoms with Gasteiger partial charge in [0.1, 0.15) is 5.60 Å². The van der Waals surface area contributed by atoms with Crippen molar-refractivity contribution in [3.63, 3.8) is 0 Å². The fourth-order valence-electron chi connectivity index (χ4n) is 3.49. The van der Waals surface area contributed by atoms with Crippen molar-refractivity contribution < 1.29 is 14.3 Å². The number of hydrogen-bond acceptors (Lipinski definition) is 3. The molecule has 1 aromatic rings. The standard InChI is InChI=1S/C22H34N2O3/c1-15-10-11-17(13-16(15)2)18-9-8-12-24(18)19(25)14-22(6,7)23-20(26)27-21(3,4)5/h10-11,13,18H,8-9,12,14H2,1-7H3,(H,23,26). The van der Waals surface area contributed by atoms with Crippen LogP contribution in [-0.2, 0) is 9.53 Å². The Balaban J connectivity index is 2.04. The van der Waals surface area contributed by atoms with E-state index in [-0.39, 0.29) is 18.4 Å². The highest BCUT2D eigenvalue weighted by Crippen LogP contribution is 2.34. The fourth-order valence-corrected chi connectivity index (χ4v) is 3.49. The summed E-state index contributed by atoms with van der Waals surface area (Å²) in [4.78, 5) is 27.0. The first-order valence-electron chi connectivity index (χ1n) is 9.76. The summed E-state index contributed by atoms with van der Waals surface area (Å²) < 4.78 is 5.32. The van der Waals surface area contributed by atoms with Crippen molar-refractivity contribution in [1.82, 2.24) is 10.2 Å². The molecule has 5 heteroatoms. The zero-order chi connectivity index (χ0) is 20.4. The van der Waals surface area contributed by atoms with Crippen LogP contribution in [0.15, 0.2) is 18.2 Å². The zero-order valence-corrected chi connectivity index (χ0v) is 17.8. The first-order valence-corrected chi connectivity index (χ1v) is 9.76. The number of amides is 2. The molecule has 1 aliphatic rings. The lowest BCUT2D eigenvalue weighted by Crippen LogP contribution is -2.49. The van der Waals surface area contributed by atoms with E-state index in [9.17, 15) is 9.59 Å². The summed E-state index contributed by atoms with van der Waals surface area (Å²) in [5, 5.41) is 2.83. The number of carbonyl (C=O) groups is 2. The van der Waals surface area contributed by atoms with Gasteiger partial charge in [-0.2, -0.15) is 0 Å². The Morgan fingerprint density at radius 3 is 2.41 bits per heavy atom. The summed E-state index contributed by atoms with van der Waals surface area (Å²) >= 11 is 0. The maximum Gasteiger partial charge on any atom is 0.408 e. The lowest BCUT2D eigenvalue weighted by atomic mass is 9.97. The van der Waals surface area contributed by atoms with Crippen LogP contribution in [0.25, 0.3) is 0 Å². The van der Waals surface area contributed by atoms with Gasteiger partial charge in [0.2, 0.25) is 5.91 Å². The van der Waals surface area contributed by atoms with E-state index in [1.807, 2.05) is 39.5 Å². The highest BCUT2D eigenvalue weighted by atomic mass is 16.6. The molecule has 0 spiro atoms. The van der Waals surface area contributed by atoms with Gasteiger partial charge >= 0.3 is 6.09 Å². The van der Waals surface area contributed by atoms with Gasteiger partial charge in [0.05, 0.1) is 6.04 Å². The maximum atomic E-state index is 13.0. The van der Waals surface area contributed by atoms with Crippen LogP contribution in [0.4, 0.5) is 4.79 Å².